The third kappa shape index (κ3) is 5.29. The van der Waals surface area contributed by atoms with E-state index in [4.69, 9.17) is 9.47 Å². The third-order valence-electron chi connectivity index (χ3n) is 3.37. The number of carbonyl (C=O) groups excluding carboxylic acids is 1. The van der Waals surface area contributed by atoms with Crippen LogP contribution in [-0.2, 0) is 25.5 Å². The summed E-state index contributed by atoms with van der Waals surface area (Å²) in [5.74, 6) is -1.60. The first kappa shape index (κ1) is 17.8. The number of ether oxygens (including phenoxy) is 2. The number of carboxylic acids is 1. The second-order valence-corrected chi connectivity index (χ2v) is 5.20. The molecular weight excluding hydrogens is 312 g/mol. The van der Waals surface area contributed by atoms with Crippen LogP contribution in [-0.4, -0.2) is 54.9 Å². The van der Waals surface area contributed by atoms with Crippen LogP contribution in [0.2, 0.25) is 0 Å². The van der Waals surface area contributed by atoms with Crippen molar-refractivity contribution >= 4 is 22.8 Å². The topological polar surface area (TPSA) is 97.8 Å². The summed E-state index contributed by atoms with van der Waals surface area (Å²) in [5, 5.41) is 12.7. The first-order chi connectivity index (χ1) is 11.6. The zero-order chi connectivity index (χ0) is 17.4. The van der Waals surface area contributed by atoms with Crippen molar-refractivity contribution in [2.75, 3.05) is 26.9 Å². The number of methoxy groups -OCH3 is 1. The number of carbonyl (C=O) groups is 2. The number of hydrogen-bond acceptors (Lipinski definition) is 5. The van der Waals surface area contributed by atoms with E-state index in [0.717, 1.165) is 10.9 Å². The van der Waals surface area contributed by atoms with Gasteiger partial charge in [0.25, 0.3) is 0 Å². The SMILES string of the molecule is COCCOCC(=O)N[C@@H](Cc1ccc2ccccc2n1)C(=O)O. The number of fused-ring (bicyclic) bond motifs is 1. The minimum Gasteiger partial charge on any atom is -0.480 e. The van der Waals surface area contributed by atoms with Gasteiger partial charge in [0, 0.05) is 24.6 Å². The number of rotatable bonds is 9. The number of para-hydroxylation sites is 1. The lowest BCUT2D eigenvalue weighted by Gasteiger charge is -2.14. The monoisotopic (exact) mass is 332 g/mol. The number of aliphatic carboxylic acids is 1. The van der Waals surface area contributed by atoms with E-state index >= 15 is 0 Å². The van der Waals surface area contributed by atoms with Gasteiger partial charge in [-0.25, -0.2) is 4.79 Å². The minimum atomic E-state index is -1.12. The third-order valence-corrected chi connectivity index (χ3v) is 3.37. The fourth-order valence-corrected chi connectivity index (χ4v) is 2.17. The first-order valence-corrected chi connectivity index (χ1v) is 7.53. The number of nitrogens with zero attached hydrogens (tertiary/aromatic N) is 1. The summed E-state index contributed by atoms with van der Waals surface area (Å²) < 4.78 is 9.88. The molecule has 0 saturated heterocycles. The molecule has 0 spiro atoms. The van der Waals surface area contributed by atoms with E-state index in [2.05, 4.69) is 10.3 Å². The predicted molar refractivity (Wildman–Crippen MR) is 87.7 cm³/mol. The lowest BCUT2D eigenvalue weighted by molar-refractivity contribution is -0.142. The average molecular weight is 332 g/mol. The molecule has 2 aromatic rings. The van der Waals surface area contributed by atoms with Gasteiger partial charge in [0.15, 0.2) is 0 Å². The van der Waals surface area contributed by atoms with Crippen LogP contribution in [0.3, 0.4) is 0 Å². The van der Waals surface area contributed by atoms with E-state index in [9.17, 15) is 14.7 Å². The fraction of sp³-hybridized carbons (Fsp3) is 0.353. The zero-order valence-electron chi connectivity index (χ0n) is 13.4. The molecule has 128 valence electrons. The highest BCUT2D eigenvalue weighted by atomic mass is 16.5. The number of hydrogen-bond donors (Lipinski definition) is 2. The smallest absolute Gasteiger partial charge is 0.326 e. The summed E-state index contributed by atoms with van der Waals surface area (Å²) in [6, 6.07) is 10.2. The minimum absolute atomic E-state index is 0.101. The number of pyridine rings is 1. The highest BCUT2D eigenvalue weighted by molar-refractivity contribution is 5.84. The molecule has 1 heterocycles. The van der Waals surface area contributed by atoms with Gasteiger partial charge in [0.05, 0.1) is 18.7 Å². The summed E-state index contributed by atoms with van der Waals surface area (Å²) in [5.41, 5.74) is 1.38. The summed E-state index contributed by atoms with van der Waals surface area (Å²) in [7, 11) is 1.53. The van der Waals surface area contributed by atoms with Gasteiger partial charge < -0.3 is 19.9 Å². The molecule has 1 aromatic heterocycles. The molecule has 7 heteroatoms. The van der Waals surface area contributed by atoms with Gasteiger partial charge in [-0.3, -0.25) is 9.78 Å². The summed E-state index contributed by atoms with van der Waals surface area (Å²) in [6.07, 6.45) is 0.101. The quantitative estimate of drug-likeness (QED) is 0.665. The molecule has 0 aliphatic rings. The lowest BCUT2D eigenvalue weighted by Crippen LogP contribution is -2.44. The van der Waals surface area contributed by atoms with Gasteiger partial charge in [-0.1, -0.05) is 24.3 Å². The van der Waals surface area contributed by atoms with Crippen LogP contribution in [0.15, 0.2) is 36.4 Å². The van der Waals surface area contributed by atoms with Crippen LogP contribution in [0.1, 0.15) is 5.69 Å². The van der Waals surface area contributed by atoms with Crippen molar-refractivity contribution in [1.82, 2.24) is 10.3 Å². The van der Waals surface area contributed by atoms with Crippen molar-refractivity contribution in [2.24, 2.45) is 0 Å². The van der Waals surface area contributed by atoms with E-state index in [1.54, 1.807) is 6.07 Å². The zero-order valence-corrected chi connectivity index (χ0v) is 13.4. The number of carboxylic acid groups (broad SMARTS) is 1. The first-order valence-electron chi connectivity index (χ1n) is 7.53. The van der Waals surface area contributed by atoms with Crippen LogP contribution in [0.25, 0.3) is 10.9 Å². The van der Waals surface area contributed by atoms with E-state index < -0.39 is 17.9 Å². The lowest BCUT2D eigenvalue weighted by atomic mass is 10.1. The molecule has 1 atom stereocenters. The summed E-state index contributed by atoms with van der Waals surface area (Å²) in [4.78, 5) is 27.6. The molecule has 0 radical (unpaired) electrons. The Morgan fingerprint density at radius 1 is 1.21 bits per heavy atom. The molecule has 1 amide bonds. The Bertz CT molecular complexity index is 704. The van der Waals surface area contributed by atoms with Crippen LogP contribution in [0, 0.1) is 0 Å². The van der Waals surface area contributed by atoms with Gasteiger partial charge in [-0.05, 0) is 12.1 Å². The standard InChI is InChI=1S/C17H20N2O5/c1-23-8-9-24-11-16(20)19-15(17(21)22)10-13-7-6-12-4-2-3-5-14(12)18-13/h2-7,15H,8-11H2,1H3,(H,19,20)(H,21,22)/t15-/m0/s1. The maximum atomic E-state index is 11.8. The summed E-state index contributed by atoms with van der Waals surface area (Å²) >= 11 is 0. The molecule has 0 saturated carbocycles. The average Bonchev–Trinajstić information content (AvgIpc) is 2.58. The molecule has 1 aromatic carbocycles. The van der Waals surface area contributed by atoms with Gasteiger partial charge in [0.2, 0.25) is 5.91 Å². The number of aromatic nitrogens is 1. The molecule has 24 heavy (non-hydrogen) atoms. The maximum Gasteiger partial charge on any atom is 0.326 e. The van der Waals surface area contributed by atoms with Gasteiger partial charge >= 0.3 is 5.97 Å². The van der Waals surface area contributed by atoms with Gasteiger partial charge in [-0.15, -0.1) is 0 Å². The second-order valence-electron chi connectivity index (χ2n) is 5.20. The Balaban J connectivity index is 1.96. The van der Waals surface area contributed by atoms with Crippen molar-refractivity contribution in [3.05, 3.63) is 42.1 Å². The van der Waals surface area contributed by atoms with Crippen molar-refractivity contribution in [3.63, 3.8) is 0 Å². The van der Waals surface area contributed by atoms with Crippen molar-refractivity contribution in [3.8, 4) is 0 Å². The van der Waals surface area contributed by atoms with Crippen LogP contribution in [0.5, 0.6) is 0 Å². The van der Waals surface area contributed by atoms with E-state index in [1.807, 2.05) is 30.3 Å². The highest BCUT2D eigenvalue weighted by Crippen LogP contribution is 2.13. The molecule has 0 unspecified atom stereocenters. The molecule has 2 N–H and O–H groups in total. The predicted octanol–water partition coefficient (Wildman–Crippen LogP) is 1.01. The second kappa shape index (κ2) is 8.95. The fourth-order valence-electron chi connectivity index (χ4n) is 2.17. The van der Waals surface area contributed by atoms with E-state index in [0.29, 0.717) is 12.3 Å². The molecule has 0 aliphatic carbocycles. The van der Waals surface area contributed by atoms with Crippen LogP contribution in [0.4, 0.5) is 0 Å². The van der Waals surface area contributed by atoms with Gasteiger partial charge in [-0.2, -0.15) is 0 Å². The van der Waals surface area contributed by atoms with Crippen molar-refractivity contribution in [1.29, 1.82) is 0 Å². The normalized spacial score (nSPS) is 12.0. The Hall–Kier alpha value is -2.51. The van der Waals surface area contributed by atoms with Crippen molar-refractivity contribution in [2.45, 2.75) is 12.5 Å². The van der Waals surface area contributed by atoms with E-state index in [1.165, 1.54) is 7.11 Å². The summed E-state index contributed by atoms with van der Waals surface area (Å²) in [6.45, 7) is 0.433. The van der Waals surface area contributed by atoms with E-state index in [-0.39, 0.29) is 19.6 Å². The molecular formula is C17H20N2O5. The Morgan fingerprint density at radius 3 is 2.75 bits per heavy atom. The van der Waals surface area contributed by atoms with Gasteiger partial charge in [0.1, 0.15) is 12.6 Å². The Labute approximate surface area is 139 Å². The molecule has 0 bridgehead atoms. The number of benzene rings is 1. The molecule has 0 fully saturated rings. The largest absolute Gasteiger partial charge is 0.480 e. The Morgan fingerprint density at radius 2 is 2.00 bits per heavy atom. The number of nitrogens with one attached hydrogen (secondary N) is 1. The molecule has 0 aliphatic heterocycles. The number of amides is 1. The molecule has 2 rings (SSSR count). The van der Waals surface area contributed by atoms with Crippen molar-refractivity contribution < 1.29 is 24.2 Å². The molecule has 7 nitrogen and oxygen atoms in total. The maximum absolute atomic E-state index is 11.8. The van der Waals surface area contributed by atoms with Crippen LogP contribution >= 0.6 is 0 Å². The van der Waals surface area contributed by atoms with Crippen LogP contribution < -0.4 is 5.32 Å². The highest BCUT2D eigenvalue weighted by Gasteiger charge is 2.21. The Kier molecular flexibility index (Phi) is 6.65.